The van der Waals surface area contributed by atoms with Gasteiger partial charge in [-0.25, -0.2) is 0 Å². The smallest absolute Gasteiger partial charge is 0.0448 e. The van der Waals surface area contributed by atoms with E-state index in [9.17, 15) is 5.11 Å². The Morgan fingerprint density at radius 1 is 1.29 bits per heavy atom. The van der Waals surface area contributed by atoms with Crippen LogP contribution in [0.25, 0.3) is 0 Å². The van der Waals surface area contributed by atoms with Gasteiger partial charge in [-0.05, 0) is 59.0 Å². The van der Waals surface area contributed by atoms with Crippen LogP contribution in [0.15, 0.2) is 0 Å². The maximum absolute atomic E-state index is 9.30. The molecule has 1 aliphatic heterocycles. The van der Waals surface area contributed by atoms with E-state index in [1.54, 1.807) is 0 Å². The first-order valence-corrected chi connectivity index (χ1v) is 7.23. The molecule has 2 N–H and O–H groups in total. The minimum Gasteiger partial charge on any atom is -0.396 e. The Kier molecular flexibility index (Phi) is 6.45. The van der Waals surface area contributed by atoms with Gasteiger partial charge in [0.05, 0.1) is 0 Å². The van der Waals surface area contributed by atoms with E-state index >= 15 is 0 Å². The van der Waals surface area contributed by atoms with Gasteiger partial charge in [-0.1, -0.05) is 6.92 Å². The van der Waals surface area contributed by atoms with Gasteiger partial charge < -0.3 is 15.3 Å². The van der Waals surface area contributed by atoms with Crippen molar-refractivity contribution >= 4 is 0 Å². The molecule has 0 saturated carbocycles. The fourth-order valence-corrected chi connectivity index (χ4v) is 2.85. The topological polar surface area (TPSA) is 35.5 Å². The summed E-state index contributed by atoms with van der Waals surface area (Å²) in [5.74, 6) is 0. The van der Waals surface area contributed by atoms with Crippen LogP contribution in [0.2, 0.25) is 0 Å². The summed E-state index contributed by atoms with van der Waals surface area (Å²) in [6, 6.07) is 0.645. The standard InChI is InChI=1S/C14H30N2O/c1-4-9-15-14(8-12-17)6-5-10-16(11-7-14)13(2)3/h13,15,17H,4-12H2,1-3H3. The predicted molar refractivity (Wildman–Crippen MR) is 73.3 cm³/mol. The van der Waals surface area contributed by atoms with Gasteiger partial charge in [0.1, 0.15) is 0 Å². The lowest BCUT2D eigenvalue weighted by atomic mass is 9.87. The molecular weight excluding hydrogens is 212 g/mol. The van der Waals surface area contributed by atoms with Crippen LogP contribution in [0.4, 0.5) is 0 Å². The zero-order valence-corrected chi connectivity index (χ0v) is 11.8. The third-order valence-electron chi connectivity index (χ3n) is 4.05. The Morgan fingerprint density at radius 2 is 2.06 bits per heavy atom. The van der Waals surface area contributed by atoms with Crippen molar-refractivity contribution in [1.29, 1.82) is 0 Å². The number of aliphatic hydroxyl groups is 1. The van der Waals surface area contributed by atoms with Crippen LogP contribution in [0.5, 0.6) is 0 Å². The van der Waals surface area contributed by atoms with Crippen LogP contribution in [0.1, 0.15) is 52.9 Å². The Balaban J connectivity index is 2.58. The van der Waals surface area contributed by atoms with Gasteiger partial charge in [0.25, 0.3) is 0 Å². The Bertz CT molecular complexity index is 208. The van der Waals surface area contributed by atoms with E-state index in [4.69, 9.17) is 0 Å². The van der Waals surface area contributed by atoms with Gasteiger partial charge in [0.2, 0.25) is 0 Å². The lowest BCUT2D eigenvalue weighted by Gasteiger charge is -2.34. The molecule has 1 heterocycles. The summed E-state index contributed by atoms with van der Waals surface area (Å²) < 4.78 is 0. The first-order valence-electron chi connectivity index (χ1n) is 7.23. The molecule has 0 bridgehead atoms. The molecule has 1 rings (SSSR count). The molecule has 3 nitrogen and oxygen atoms in total. The van der Waals surface area contributed by atoms with Crippen LogP contribution in [0, 0.1) is 0 Å². The molecule has 1 unspecified atom stereocenters. The van der Waals surface area contributed by atoms with E-state index in [1.807, 2.05) is 0 Å². The number of likely N-dealkylation sites (tertiary alicyclic amines) is 1. The third-order valence-corrected chi connectivity index (χ3v) is 4.05. The largest absolute Gasteiger partial charge is 0.396 e. The van der Waals surface area contributed by atoms with Crippen molar-refractivity contribution in [2.75, 3.05) is 26.2 Å². The highest BCUT2D eigenvalue weighted by molar-refractivity contribution is 4.91. The number of nitrogens with one attached hydrogen (secondary N) is 1. The summed E-state index contributed by atoms with van der Waals surface area (Å²) in [6.07, 6.45) is 5.69. The minimum atomic E-state index is 0.189. The van der Waals surface area contributed by atoms with Gasteiger partial charge in [-0.2, -0.15) is 0 Å². The summed E-state index contributed by atoms with van der Waals surface area (Å²) in [5, 5.41) is 13.0. The van der Waals surface area contributed by atoms with Crippen molar-refractivity contribution in [3.63, 3.8) is 0 Å². The molecule has 17 heavy (non-hydrogen) atoms. The number of nitrogens with zero attached hydrogens (tertiary/aromatic N) is 1. The van der Waals surface area contributed by atoms with Crippen LogP contribution in [0.3, 0.4) is 0 Å². The van der Waals surface area contributed by atoms with Crippen LogP contribution >= 0.6 is 0 Å². The van der Waals surface area contributed by atoms with Crippen LogP contribution < -0.4 is 5.32 Å². The molecule has 0 spiro atoms. The van der Waals surface area contributed by atoms with Crippen molar-refractivity contribution in [1.82, 2.24) is 10.2 Å². The van der Waals surface area contributed by atoms with Crippen molar-refractivity contribution in [2.45, 2.75) is 64.5 Å². The van der Waals surface area contributed by atoms with Crippen molar-refractivity contribution in [3.05, 3.63) is 0 Å². The number of aliphatic hydroxyl groups excluding tert-OH is 1. The maximum Gasteiger partial charge on any atom is 0.0448 e. The van der Waals surface area contributed by atoms with Crippen molar-refractivity contribution in [2.24, 2.45) is 0 Å². The van der Waals surface area contributed by atoms with Crippen LogP contribution in [-0.4, -0.2) is 47.8 Å². The average molecular weight is 242 g/mol. The summed E-state index contributed by atoms with van der Waals surface area (Å²) in [5.41, 5.74) is 0.189. The van der Waals surface area contributed by atoms with Crippen molar-refractivity contribution in [3.8, 4) is 0 Å². The Labute approximate surface area is 107 Å². The fourth-order valence-electron chi connectivity index (χ4n) is 2.85. The molecular formula is C14H30N2O. The van der Waals surface area contributed by atoms with E-state index in [-0.39, 0.29) is 5.54 Å². The van der Waals surface area contributed by atoms with E-state index in [1.165, 1.54) is 32.2 Å². The van der Waals surface area contributed by atoms with Crippen molar-refractivity contribution < 1.29 is 5.11 Å². The third kappa shape index (κ3) is 4.57. The van der Waals surface area contributed by atoms with Gasteiger partial charge >= 0.3 is 0 Å². The summed E-state index contributed by atoms with van der Waals surface area (Å²) in [6.45, 7) is 10.5. The molecule has 1 atom stereocenters. The summed E-state index contributed by atoms with van der Waals surface area (Å²) in [4.78, 5) is 2.56. The lowest BCUT2D eigenvalue weighted by Crippen LogP contribution is -2.47. The summed E-state index contributed by atoms with van der Waals surface area (Å²) >= 11 is 0. The highest BCUT2D eigenvalue weighted by Gasteiger charge is 2.31. The molecule has 0 aromatic heterocycles. The van der Waals surface area contributed by atoms with Crippen LogP contribution in [-0.2, 0) is 0 Å². The SMILES string of the molecule is CCCNC1(CCO)CCCN(C(C)C)CC1. The molecule has 102 valence electrons. The van der Waals surface area contributed by atoms with Gasteiger partial charge in [-0.3, -0.25) is 0 Å². The Morgan fingerprint density at radius 3 is 2.65 bits per heavy atom. The molecule has 1 saturated heterocycles. The lowest BCUT2D eigenvalue weighted by molar-refractivity contribution is 0.181. The highest BCUT2D eigenvalue weighted by atomic mass is 16.3. The van der Waals surface area contributed by atoms with E-state index in [0.717, 1.165) is 19.5 Å². The molecule has 0 aromatic rings. The second-order valence-electron chi connectivity index (χ2n) is 5.66. The zero-order valence-electron chi connectivity index (χ0n) is 11.8. The zero-order chi connectivity index (χ0) is 12.7. The molecule has 0 radical (unpaired) electrons. The minimum absolute atomic E-state index is 0.189. The molecule has 0 aliphatic carbocycles. The van der Waals surface area contributed by atoms with Gasteiger partial charge in [0.15, 0.2) is 0 Å². The maximum atomic E-state index is 9.30. The van der Waals surface area contributed by atoms with E-state index in [2.05, 4.69) is 31.0 Å². The average Bonchev–Trinajstić information content (AvgIpc) is 2.50. The first kappa shape index (κ1) is 14.9. The molecule has 3 heteroatoms. The van der Waals surface area contributed by atoms with E-state index < -0.39 is 0 Å². The fraction of sp³-hybridized carbons (Fsp3) is 1.00. The number of hydrogen-bond donors (Lipinski definition) is 2. The molecule has 0 amide bonds. The predicted octanol–water partition coefficient (Wildman–Crippen LogP) is 2.00. The van der Waals surface area contributed by atoms with E-state index in [0.29, 0.717) is 12.6 Å². The highest BCUT2D eigenvalue weighted by Crippen LogP contribution is 2.26. The molecule has 1 aliphatic rings. The van der Waals surface area contributed by atoms with Gasteiger partial charge in [-0.15, -0.1) is 0 Å². The second-order valence-corrected chi connectivity index (χ2v) is 5.66. The second kappa shape index (κ2) is 7.34. The number of rotatable bonds is 6. The molecule has 1 fully saturated rings. The monoisotopic (exact) mass is 242 g/mol. The molecule has 0 aromatic carbocycles. The summed E-state index contributed by atoms with van der Waals surface area (Å²) in [7, 11) is 0. The normalized spacial score (nSPS) is 27.4. The number of hydrogen-bond acceptors (Lipinski definition) is 3. The first-order chi connectivity index (χ1) is 8.13. The quantitative estimate of drug-likeness (QED) is 0.748. The Hall–Kier alpha value is -0.120. The van der Waals surface area contributed by atoms with Gasteiger partial charge in [0, 0.05) is 24.7 Å².